The first-order valence-electron chi connectivity index (χ1n) is 9.85. The first kappa shape index (κ1) is 27.2. The van der Waals surface area contributed by atoms with Gasteiger partial charge in [0.2, 0.25) is 0 Å². The van der Waals surface area contributed by atoms with E-state index in [2.05, 4.69) is 30.3 Å². The molecule has 0 fully saturated rings. The third kappa shape index (κ3) is 6.85. The molecule has 4 rings (SSSR count). The molecule has 32 heavy (non-hydrogen) atoms. The van der Waals surface area contributed by atoms with E-state index in [1.54, 1.807) is 6.92 Å². The zero-order chi connectivity index (χ0) is 21.7. The van der Waals surface area contributed by atoms with Gasteiger partial charge in [-0.2, -0.15) is 8.42 Å². The summed E-state index contributed by atoms with van der Waals surface area (Å²) in [5.74, 6) is 0. The van der Waals surface area contributed by atoms with Crippen molar-refractivity contribution in [1.29, 1.82) is 0 Å². The molecule has 0 heterocycles. The maximum atomic E-state index is 11.1. The Kier molecular flexibility index (Phi) is 9.96. The molecule has 0 saturated heterocycles. The lowest BCUT2D eigenvalue weighted by molar-refractivity contribution is 0.238. The molecule has 4 aromatic rings. The van der Waals surface area contributed by atoms with Crippen molar-refractivity contribution in [1.82, 2.24) is 6.15 Å². The fraction of sp³-hybridized carbons (Fsp3) is 0.200. The van der Waals surface area contributed by atoms with Gasteiger partial charge in [0.05, 0.1) is 12.4 Å². The normalized spacial score (nSPS) is 12.6. The van der Waals surface area contributed by atoms with Crippen molar-refractivity contribution in [2.45, 2.75) is 26.0 Å². The van der Waals surface area contributed by atoms with Crippen molar-refractivity contribution in [3.8, 4) is 0 Å². The van der Waals surface area contributed by atoms with Crippen molar-refractivity contribution in [3.05, 3.63) is 96.1 Å². The molecule has 0 saturated carbocycles. The lowest BCUT2D eigenvalue weighted by Gasteiger charge is -2.13. The fourth-order valence-electron chi connectivity index (χ4n) is 3.57. The largest absolute Gasteiger partial charge is 0.412 e. The summed E-state index contributed by atoms with van der Waals surface area (Å²) in [4.78, 5) is 0. The zero-order valence-electron chi connectivity index (χ0n) is 18.7. The minimum absolute atomic E-state index is 0. The number of hydrogen-bond donors (Lipinski definition) is 2. The number of rotatable bonds is 4. The minimum atomic E-state index is -3.44. The Bertz CT molecular complexity index is 1250. The molecule has 6 nitrogen and oxygen atoms in total. The van der Waals surface area contributed by atoms with Gasteiger partial charge in [-0.05, 0) is 46.5 Å². The zero-order valence-corrected chi connectivity index (χ0v) is 19.5. The van der Waals surface area contributed by atoms with Crippen LogP contribution >= 0.6 is 0 Å². The highest BCUT2D eigenvalue weighted by Gasteiger charge is 2.14. The second kappa shape index (κ2) is 11.7. The first-order valence-corrected chi connectivity index (χ1v) is 11.7. The average Bonchev–Trinajstić information content (AvgIpc) is 2.72. The Hall–Kier alpha value is -2.81. The van der Waals surface area contributed by atoms with Crippen LogP contribution in [0.2, 0.25) is 0 Å². The molecular formula is C25H32N2O4S. The highest BCUT2D eigenvalue weighted by molar-refractivity contribution is 7.86. The molecule has 0 aliphatic heterocycles. The van der Waals surface area contributed by atoms with Crippen LogP contribution < -0.4 is 11.9 Å². The lowest BCUT2D eigenvalue weighted by Crippen LogP contribution is -2.07. The summed E-state index contributed by atoms with van der Waals surface area (Å²) < 4.78 is 27.3. The molecule has 2 atom stereocenters. The molecule has 0 bridgehead atoms. The Morgan fingerprint density at radius 3 is 1.59 bits per heavy atom. The molecule has 0 aromatic heterocycles. The van der Waals surface area contributed by atoms with E-state index >= 15 is 0 Å². The van der Waals surface area contributed by atoms with E-state index in [9.17, 15) is 8.42 Å². The summed E-state index contributed by atoms with van der Waals surface area (Å²) in [6.07, 6.45) is 0.588. The van der Waals surface area contributed by atoms with Crippen molar-refractivity contribution < 1.29 is 18.1 Å². The lowest BCUT2D eigenvalue weighted by atomic mass is 10.0. The standard InChI is InChI=1S/C13H14O3S.C12H13N.H3N.H2O/c1-10(16-17(2,14)15)12-9-5-7-11-6-3-4-8-13(11)12;1-9(13)11-8-4-6-10-5-2-3-7-12(10)11;;/h3-10H,1-2H3;2-9H,13H2,1H3;1H3;1H2/t10-;9-;;/m10../s1. The van der Waals surface area contributed by atoms with Gasteiger partial charge >= 0.3 is 0 Å². The van der Waals surface area contributed by atoms with Crippen molar-refractivity contribution >= 4 is 31.7 Å². The van der Waals surface area contributed by atoms with Crippen LogP contribution in [0.1, 0.15) is 37.1 Å². The smallest absolute Gasteiger partial charge is 0.264 e. The van der Waals surface area contributed by atoms with Crippen molar-refractivity contribution in [2.75, 3.05) is 6.26 Å². The molecule has 172 valence electrons. The highest BCUT2D eigenvalue weighted by Crippen LogP contribution is 2.27. The third-order valence-corrected chi connectivity index (χ3v) is 5.53. The quantitative estimate of drug-likeness (QED) is 0.413. The summed E-state index contributed by atoms with van der Waals surface area (Å²) in [6, 6.07) is 28.3. The molecule has 7 heteroatoms. The van der Waals surface area contributed by atoms with Gasteiger partial charge in [0.25, 0.3) is 10.1 Å². The molecule has 0 spiro atoms. The second-order valence-electron chi connectivity index (χ2n) is 7.37. The number of benzene rings is 4. The van der Waals surface area contributed by atoms with E-state index in [1.807, 2.05) is 61.5 Å². The SMILES string of the molecule is C[C@@H](OS(C)(=O)=O)c1cccc2ccccc12.C[C@H](N)c1cccc2ccccc12.N.O. The van der Waals surface area contributed by atoms with Crippen molar-refractivity contribution in [2.24, 2.45) is 5.73 Å². The summed E-state index contributed by atoms with van der Waals surface area (Å²) >= 11 is 0. The van der Waals surface area contributed by atoms with Crippen LogP contribution in [0.4, 0.5) is 0 Å². The van der Waals surface area contributed by atoms with Crippen LogP contribution in [0.3, 0.4) is 0 Å². The van der Waals surface area contributed by atoms with Crippen LogP contribution in [-0.4, -0.2) is 20.1 Å². The molecule has 0 radical (unpaired) electrons. The predicted octanol–water partition coefficient (Wildman–Crippen LogP) is 5.07. The van der Waals surface area contributed by atoms with Gasteiger partial charge < -0.3 is 17.4 Å². The van der Waals surface area contributed by atoms with Crippen LogP contribution in [0.15, 0.2) is 84.9 Å². The van der Waals surface area contributed by atoms with Gasteiger partial charge in [-0.1, -0.05) is 84.9 Å². The Morgan fingerprint density at radius 2 is 1.12 bits per heavy atom. The fourth-order valence-corrected chi connectivity index (χ4v) is 4.19. The maximum absolute atomic E-state index is 11.1. The van der Waals surface area contributed by atoms with Crippen LogP contribution in [0, 0.1) is 0 Å². The summed E-state index contributed by atoms with van der Waals surface area (Å²) in [6.45, 7) is 3.75. The van der Waals surface area contributed by atoms with Gasteiger partial charge in [-0.3, -0.25) is 4.18 Å². The average molecular weight is 457 g/mol. The Balaban J connectivity index is 0.000000310. The molecule has 4 aromatic carbocycles. The Morgan fingerprint density at radius 1 is 0.719 bits per heavy atom. The van der Waals surface area contributed by atoms with Gasteiger partial charge in [-0.25, -0.2) is 0 Å². The van der Waals surface area contributed by atoms with E-state index in [0.29, 0.717) is 0 Å². The molecular weight excluding hydrogens is 424 g/mol. The second-order valence-corrected chi connectivity index (χ2v) is 8.97. The van der Waals surface area contributed by atoms with Gasteiger partial charge in [0, 0.05) is 6.04 Å². The van der Waals surface area contributed by atoms with E-state index in [0.717, 1.165) is 22.6 Å². The van der Waals surface area contributed by atoms with E-state index in [4.69, 9.17) is 9.92 Å². The van der Waals surface area contributed by atoms with Crippen LogP contribution in [0.25, 0.3) is 21.5 Å². The maximum Gasteiger partial charge on any atom is 0.264 e. The Labute approximate surface area is 190 Å². The van der Waals surface area contributed by atoms with Gasteiger partial charge in [0.1, 0.15) is 0 Å². The molecule has 0 aliphatic rings. The van der Waals surface area contributed by atoms with Gasteiger partial charge in [0.15, 0.2) is 0 Å². The third-order valence-electron chi connectivity index (χ3n) is 4.89. The summed E-state index contributed by atoms with van der Waals surface area (Å²) in [5.41, 5.74) is 7.98. The topological polar surface area (TPSA) is 136 Å². The monoisotopic (exact) mass is 456 g/mol. The van der Waals surface area contributed by atoms with Gasteiger partial charge in [-0.15, -0.1) is 0 Å². The molecule has 0 unspecified atom stereocenters. The number of hydrogen-bond acceptors (Lipinski definition) is 5. The van der Waals surface area contributed by atoms with E-state index in [1.165, 1.54) is 16.3 Å². The van der Waals surface area contributed by atoms with E-state index < -0.39 is 16.2 Å². The van der Waals surface area contributed by atoms with Crippen LogP contribution in [-0.2, 0) is 14.3 Å². The highest BCUT2D eigenvalue weighted by atomic mass is 32.2. The number of nitrogens with two attached hydrogens (primary N) is 1. The summed E-state index contributed by atoms with van der Waals surface area (Å²) in [7, 11) is -3.44. The van der Waals surface area contributed by atoms with E-state index in [-0.39, 0.29) is 17.7 Å². The molecule has 7 N–H and O–H groups in total. The molecule has 0 aliphatic carbocycles. The van der Waals surface area contributed by atoms with Crippen LogP contribution in [0.5, 0.6) is 0 Å². The number of fused-ring (bicyclic) bond motifs is 2. The van der Waals surface area contributed by atoms with Crippen molar-refractivity contribution in [3.63, 3.8) is 0 Å². The minimum Gasteiger partial charge on any atom is -0.412 e. The predicted molar refractivity (Wildman–Crippen MR) is 133 cm³/mol. The summed E-state index contributed by atoms with van der Waals surface area (Å²) in [5, 5.41) is 4.62. The molecule has 0 amide bonds. The first-order chi connectivity index (χ1) is 14.3.